The molecule has 0 radical (unpaired) electrons. The van der Waals surface area contributed by atoms with Crippen LogP contribution in [0, 0.1) is 0 Å². The number of methoxy groups -OCH3 is 2. The molecule has 0 spiro atoms. The minimum absolute atomic E-state index is 0.354. The maximum Gasteiger partial charge on any atom is 0.260 e. The van der Waals surface area contributed by atoms with E-state index in [0.29, 0.717) is 27.6 Å². The lowest BCUT2D eigenvalue weighted by atomic mass is 10.0. The summed E-state index contributed by atoms with van der Waals surface area (Å²) >= 11 is 1.40. The first kappa shape index (κ1) is 18.2. The highest BCUT2D eigenvalue weighted by Gasteiger charge is 2.27. The second kappa shape index (κ2) is 7.35. The van der Waals surface area contributed by atoms with Gasteiger partial charge in [0.1, 0.15) is 16.5 Å². The third-order valence-electron chi connectivity index (χ3n) is 4.37. The van der Waals surface area contributed by atoms with Gasteiger partial charge in [-0.25, -0.2) is 0 Å². The van der Waals surface area contributed by atoms with Crippen LogP contribution in [0.1, 0.15) is 31.2 Å². The maximum atomic E-state index is 12.8. The number of nitrogens with two attached hydrogens (primary N) is 1. The van der Waals surface area contributed by atoms with E-state index in [2.05, 4.69) is 10.2 Å². The summed E-state index contributed by atoms with van der Waals surface area (Å²) in [5.74, 6) is 0.0948. The Labute approximate surface area is 155 Å². The normalized spacial score (nSPS) is 13.8. The van der Waals surface area contributed by atoms with Gasteiger partial charge in [-0.2, -0.15) is 0 Å². The summed E-state index contributed by atoms with van der Waals surface area (Å²) in [7, 11) is 5.05. The second-order valence-corrected chi connectivity index (χ2v) is 7.19. The van der Waals surface area contributed by atoms with Crippen molar-refractivity contribution in [3.63, 3.8) is 0 Å². The molecule has 0 saturated heterocycles. The lowest BCUT2D eigenvalue weighted by molar-refractivity contribution is 0.1000. The molecule has 8 heteroatoms. The first-order valence-electron chi connectivity index (χ1n) is 8.10. The molecule has 0 aliphatic carbocycles. The van der Waals surface area contributed by atoms with Gasteiger partial charge in [0, 0.05) is 24.0 Å². The van der Waals surface area contributed by atoms with Gasteiger partial charge in [-0.1, -0.05) is 0 Å². The predicted octanol–water partition coefficient (Wildman–Crippen LogP) is 2.10. The number of thiophene rings is 1. The zero-order chi connectivity index (χ0) is 18.8. The Morgan fingerprint density at radius 3 is 2.69 bits per heavy atom. The van der Waals surface area contributed by atoms with Gasteiger partial charge in [-0.3, -0.25) is 9.59 Å². The molecule has 26 heavy (non-hydrogen) atoms. The number of ether oxygens (including phenoxy) is 2. The number of hydrogen-bond donors (Lipinski definition) is 2. The lowest BCUT2D eigenvalue weighted by Gasteiger charge is -2.22. The van der Waals surface area contributed by atoms with Crippen molar-refractivity contribution in [1.29, 1.82) is 0 Å². The molecule has 7 nitrogen and oxygen atoms in total. The van der Waals surface area contributed by atoms with E-state index in [1.807, 2.05) is 7.05 Å². The van der Waals surface area contributed by atoms with Crippen LogP contribution in [0.5, 0.6) is 11.5 Å². The minimum atomic E-state index is -0.524. The Balaban J connectivity index is 1.94. The number of primary amides is 1. The fourth-order valence-corrected chi connectivity index (χ4v) is 4.36. The molecule has 1 aromatic heterocycles. The van der Waals surface area contributed by atoms with Crippen LogP contribution < -0.4 is 20.5 Å². The number of amides is 2. The number of carbonyl (C=O) groups is 2. The van der Waals surface area contributed by atoms with Crippen molar-refractivity contribution in [3.05, 3.63) is 39.8 Å². The van der Waals surface area contributed by atoms with Crippen LogP contribution in [0.3, 0.4) is 0 Å². The molecule has 2 amide bonds. The average molecular weight is 375 g/mol. The molecule has 2 aromatic rings. The summed E-state index contributed by atoms with van der Waals surface area (Å²) < 4.78 is 10.4. The molecule has 1 aliphatic rings. The van der Waals surface area contributed by atoms with Crippen molar-refractivity contribution in [2.75, 3.05) is 33.1 Å². The van der Waals surface area contributed by atoms with E-state index in [-0.39, 0.29) is 5.91 Å². The number of nitrogens with one attached hydrogen (secondary N) is 1. The lowest BCUT2D eigenvalue weighted by Crippen LogP contribution is -2.27. The number of fused-ring (bicyclic) bond motifs is 1. The summed E-state index contributed by atoms with van der Waals surface area (Å²) in [6.07, 6.45) is 0.738. The molecule has 1 aromatic carbocycles. The largest absolute Gasteiger partial charge is 0.497 e. The van der Waals surface area contributed by atoms with Crippen LogP contribution in [0.2, 0.25) is 0 Å². The van der Waals surface area contributed by atoms with Crippen LogP contribution in [0.4, 0.5) is 5.00 Å². The maximum absolute atomic E-state index is 12.8. The van der Waals surface area contributed by atoms with E-state index in [4.69, 9.17) is 15.2 Å². The van der Waals surface area contributed by atoms with Crippen molar-refractivity contribution in [2.45, 2.75) is 13.0 Å². The van der Waals surface area contributed by atoms with E-state index in [0.717, 1.165) is 30.0 Å². The van der Waals surface area contributed by atoms with E-state index in [9.17, 15) is 9.59 Å². The first-order chi connectivity index (χ1) is 12.4. The molecule has 138 valence electrons. The minimum Gasteiger partial charge on any atom is -0.497 e. The smallest absolute Gasteiger partial charge is 0.260 e. The Hall–Kier alpha value is -2.58. The Morgan fingerprint density at radius 2 is 2.04 bits per heavy atom. The van der Waals surface area contributed by atoms with Gasteiger partial charge in [0.2, 0.25) is 0 Å². The summed E-state index contributed by atoms with van der Waals surface area (Å²) in [6.45, 7) is 1.59. The van der Waals surface area contributed by atoms with Crippen LogP contribution in [0.25, 0.3) is 0 Å². The molecule has 0 saturated carbocycles. The molecule has 0 unspecified atom stereocenters. The SMILES string of the molecule is COc1ccc(C(=O)Nc2sc3c(c2C(N)=O)CCN(C)C3)c(OC)c1. The zero-order valence-corrected chi connectivity index (χ0v) is 15.7. The second-order valence-electron chi connectivity index (χ2n) is 6.08. The van der Waals surface area contributed by atoms with E-state index >= 15 is 0 Å². The number of rotatable bonds is 5. The fraction of sp³-hybridized carbons (Fsp3) is 0.333. The molecule has 0 bridgehead atoms. The molecule has 0 fully saturated rings. The first-order valence-corrected chi connectivity index (χ1v) is 8.92. The molecular weight excluding hydrogens is 354 g/mol. The van der Waals surface area contributed by atoms with Gasteiger partial charge in [0.25, 0.3) is 11.8 Å². The van der Waals surface area contributed by atoms with Crippen molar-refractivity contribution in [1.82, 2.24) is 4.90 Å². The fourth-order valence-electron chi connectivity index (χ4n) is 3.04. The third-order valence-corrected chi connectivity index (χ3v) is 5.51. The van der Waals surface area contributed by atoms with Crippen LogP contribution in [0.15, 0.2) is 18.2 Å². The Bertz CT molecular complexity index is 862. The molecule has 0 atom stereocenters. The highest BCUT2D eigenvalue weighted by Crippen LogP contribution is 2.37. The van der Waals surface area contributed by atoms with Gasteiger partial charge in [0.05, 0.1) is 25.3 Å². The predicted molar refractivity (Wildman–Crippen MR) is 100 cm³/mol. The highest BCUT2D eigenvalue weighted by atomic mass is 32.1. The summed E-state index contributed by atoms with van der Waals surface area (Å²) in [5, 5.41) is 3.32. The van der Waals surface area contributed by atoms with Crippen molar-refractivity contribution in [2.24, 2.45) is 5.73 Å². The molecule has 1 aliphatic heterocycles. The van der Waals surface area contributed by atoms with Crippen molar-refractivity contribution in [3.8, 4) is 11.5 Å². The van der Waals surface area contributed by atoms with Crippen LogP contribution >= 0.6 is 11.3 Å². The topological polar surface area (TPSA) is 93.9 Å². The average Bonchev–Trinajstić information content (AvgIpc) is 2.97. The van der Waals surface area contributed by atoms with Gasteiger partial charge in [0.15, 0.2) is 0 Å². The highest BCUT2D eigenvalue weighted by molar-refractivity contribution is 7.17. The number of nitrogens with zero attached hydrogens (tertiary/aromatic N) is 1. The monoisotopic (exact) mass is 375 g/mol. The number of benzene rings is 1. The summed E-state index contributed by atoms with van der Waals surface area (Å²) in [4.78, 5) is 28.0. The Morgan fingerprint density at radius 1 is 1.27 bits per heavy atom. The standard InChI is InChI=1S/C18H21N3O4S/c1-21-7-6-12-14(9-21)26-18(15(12)16(19)22)20-17(23)11-5-4-10(24-2)8-13(11)25-3/h4-5,8H,6-7,9H2,1-3H3,(H2,19,22)(H,20,23). The van der Waals surface area contributed by atoms with Crippen LogP contribution in [-0.4, -0.2) is 44.5 Å². The van der Waals surface area contributed by atoms with Gasteiger partial charge in [-0.15, -0.1) is 11.3 Å². The van der Waals surface area contributed by atoms with Gasteiger partial charge in [-0.05, 0) is 31.2 Å². The third kappa shape index (κ3) is 3.38. The Kier molecular flexibility index (Phi) is 5.15. The van der Waals surface area contributed by atoms with E-state index < -0.39 is 5.91 Å². The van der Waals surface area contributed by atoms with Crippen molar-refractivity contribution >= 4 is 28.2 Å². The van der Waals surface area contributed by atoms with Gasteiger partial charge < -0.3 is 25.4 Å². The zero-order valence-electron chi connectivity index (χ0n) is 14.9. The summed E-state index contributed by atoms with van der Waals surface area (Å²) in [6, 6.07) is 4.94. The number of hydrogen-bond acceptors (Lipinski definition) is 6. The number of likely N-dealkylation sites (N-methyl/N-ethyl adjacent to an activating group) is 1. The van der Waals surface area contributed by atoms with Crippen LogP contribution in [-0.2, 0) is 13.0 Å². The number of anilines is 1. The number of carbonyl (C=O) groups excluding carboxylic acids is 2. The molecule has 2 heterocycles. The quantitative estimate of drug-likeness (QED) is 0.835. The van der Waals surface area contributed by atoms with Gasteiger partial charge >= 0.3 is 0 Å². The van der Waals surface area contributed by atoms with Crippen molar-refractivity contribution < 1.29 is 19.1 Å². The molecule has 3 rings (SSSR count). The van der Waals surface area contributed by atoms with E-state index in [1.54, 1.807) is 25.3 Å². The van der Waals surface area contributed by atoms with E-state index in [1.165, 1.54) is 18.4 Å². The summed E-state index contributed by atoms with van der Waals surface area (Å²) in [5.41, 5.74) is 7.30. The molecule has 3 N–H and O–H groups in total. The molecular formula is C18H21N3O4S.